The summed E-state index contributed by atoms with van der Waals surface area (Å²) in [7, 11) is 0. The van der Waals surface area contributed by atoms with Crippen molar-refractivity contribution in [3.05, 3.63) is 59.4 Å². The van der Waals surface area contributed by atoms with Gasteiger partial charge in [0.1, 0.15) is 5.82 Å². The molecule has 1 atom stereocenters. The molecule has 2 aromatic rings. The molecule has 0 aromatic heterocycles. The zero-order valence-electron chi connectivity index (χ0n) is 13.8. The van der Waals surface area contributed by atoms with E-state index < -0.39 is 0 Å². The van der Waals surface area contributed by atoms with E-state index >= 15 is 0 Å². The third-order valence-electron chi connectivity index (χ3n) is 4.47. The summed E-state index contributed by atoms with van der Waals surface area (Å²) in [5.74, 6) is -0.717. The van der Waals surface area contributed by atoms with Gasteiger partial charge < -0.3 is 15.5 Å². The van der Waals surface area contributed by atoms with Crippen LogP contribution in [0.2, 0.25) is 0 Å². The number of amides is 1. The van der Waals surface area contributed by atoms with Crippen LogP contribution in [0, 0.1) is 5.82 Å². The first-order valence-corrected chi connectivity index (χ1v) is 8.30. The van der Waals surface area contributed by atoms with Gasteiger partial charge in [-0.2, -0.15) is 0 Å². The Hall–Kier alpha value is -2.60. The van der Waals surface area contributed by atoms with Crippen molar-refractivity contribution in [1.29, 1.82) is 0 Å². The smallest absolute Gasteiger partial charge is 0.237 e. The van der Waals surface area contributed by atoms with E-state index in [2.05, 4.69) is 10.2 Å². The molecule has 0 unspecified atom stereocenters. The number of aromatic hydroxyl groups is 2. The van der Waals surface area contributed by atoms with Crippen LogP contribution in [-0.2, 0) is 17.9 Å². The standard InChI is InChI=1S/C19H21FN2O3/c20-15-6-3-13(4-7-15)12-22-9-1-2-16(22)19(25)21-11-14-5-8-17(23)18(24)10-14/h3-8,10,16,23-24H,1-2,9,11-12H2,(H,21,25)/t16-/m1/s1. The van der Waals surface area contributed by atoms with Gasteiger partial charge in [-0.1, -0.05) is 18.2 Å². The summed E-state index contributed by atoms with van der Waals surface area (Å²) in [4.78, 5) is 14.6. The van der Waals surface area contributed by atoms with Crippen LogP contribution >= 0.6 is 0 Å². The largest absolute Gasteiger partial charge is 0.504 e. The molecule has 1 aliphatic rings. The van der Waals surface area contributed by atoms with Crippen molar-refractivity contribution < 1.29 is 19.4 Å². The van der Waals surface area contributed by atoms with Gasteiger partial charge in [0.2, 0.25) is 5.91 Å². The highest BCUT2D eigenvalue weighted by Crippen LogP contribution is 2.25. The second-order valence-corrected chi connectivity index (χ2v) is 6.30. The van der Waals surface area contributed by atoms with Gasteiger partial charge in [-0.25, -0.2) is 4.39 Å². The topological polar surface area (TPSA) is 72.8 Å². The molecule has 1 saturated heterocycles. The summed E-state index contributed by atoms with van der Waals surface area (Å²) in [6.07, 6.45) is 1.73. The minimum absolute atomic E-state index is 0.0628. The van der Waals surface area contributed by atoms with Crippen molar-refractivity contribution in [3.8, 4) is 11.5 Å². The monoisotopic (exact) mass is 344 g/mol. The predicted octanol–water partition coefficient (Wildman–Crippen LogP) is 2.52. The number of hydrogen-bond acceptors (Lipinski definition) is 4. The second kappa shape index (κ2) is 7.53. The molecule has 25 heavy (non-hydrogen) atoms. The molecule has 2 aromatic carbocycles. The molecule has 0 spiro atoms. The molecular weight excluding hydrogens is 323 g/mol. The molecule has 6 heteroatoms. The van der Waals surface area contributed by atoms with E-state index in [4.69, 9.17) is 0 Å². The van der Waals surface area contributed by atoms with Crippen molar-refractivity contribution in [2.75, 3.05) is 6.54 Å². The molecule has 0 radical (unpaired) electrons. The molecule has 0 bridgehead atoms. The number of benzene rings is 2. The molecular formula is C19H21FN2O3. The molecule has 3 N–H and O–H groups in total. The van der Waals surface area contributed by atoms with Gasteiger partial charge in [-0.3, -0.25) is 9.69 Å². The summed E-state index contributed by atoms with van der Waals surface area (Å²) in [6.45, 7) is 1.72. The molecule has 0 aliphatic carbocycles. The number of likely N-dealkylation sites (tertiary alicyclic amines) is 1. The number of phenolic OH excluding ortho intramolecular Hbond substituents is 2. The van der Waals surface area contributed by atoms with Gasteiger partial charge in [-0.05, 0) is 54.8 Å². The zero-order chi connectivity index (χ0) is 17.8. The minimum Gasteiger partial charge on any atom is -0.504 e. The lowest BCUT2D eigenvalue weighted by molar-refractivity contribution is -0.125. The summed E-state index contributed by atoms with van der Waals surface area (Å²) in [5, 5.41) is 21.7. The van der Waals surface area contributed by atoms with E-state index in [1.807, 2.05) is 0 Å². The highest BCUT2D eigenvalue weighted by atomic mass is 19.1. The Morgan fingerprint density at radius 3 is 2.56 bits per heavy atom. The van der Waals surface area contributed by atoms with Crippen molar-refractivity contribution >= 4 is 5.91 Å². The third kappa shape index (κ3) is 4.28. The second-order valence-electron chi connectivity index (χ2n) is 6.30. The summed E-state index contributed by atoms with van der Waals surface area (Å²) < 4.78 is 13.0. The number of rotatable bonds is 5. The lowest BCUT2D eigenvalue weighted by Gasteiger charge is -2.23. The fourth-order valence-electron chi connectivity index (χ4n) is 3.12. The molecule has 5 nitrogen and oxygen atoms in total. The van der Waals surface area contributed by atoms with E-state index in [0.29, 0.717) is 12.1 Å². The SMILES string of the molecule is O=C(NCc1ccc(O)c(O)c1)[C@H]1CCCN1Cc1ccc(F)cc1. The molecule has 1 amide bonds. The summed E-state index contributed by atoms with van der Waals surface area (Å²) in [6, 6.07) is 10.6. The summed E-state index contributed by atoms with van der Waals surface area (Å²) >= 11 is 0. The van der Waals surface area contributed by atoms with Crippen molar-refractivity contribution in [2.45, 2.75) is 32.0 Å². The van der Waals surface area contributed by atoms with Crippen LogP contribution in [0.25, 0.3) is 0 Å². The molecule has 1 aliphatic heterocycles. The zero-order valence-corrected chi connectivity index (χ0v) is 13.8. The molecule has 0 saturated carbocycles. The lowest BCUT2D eigenvalue weighted by atomic mass is 10.1. The quantitative estimate of drug-likeness (QED) is 0.729. The van der Waals surface area contributed by atoms with Gasteiger partial charge in [0, 0.05) is 13.1 Å². The van der Waals surface area contributed by atoms with Crippen molar-refractivity contribution in [2.24, 2.45) is 0 Å². The van der Waals surface area contributed by atoms with Gasteiger partial charge in [0.15, 0.2) is 11.5 Å². The Kier molecular flexibility index (Phi) is 5.19. The Bertz CT molecular complexity index is 749. The van der Waals surface area contributed by atoms with Crippen molar-refractivity contribution in [1.82, 2.24) is 10.2 Å². The maximum absolute atomic E-state index is 13.0. The Morgan fingerprint density at radius 2 is 1.84 bits per heavy atom. The number of halogens is 1. The number of nitrogens with zero attached hydrogens (tertiary/aromatic N) is 1. The fraction of sp³-hybridized carbons (Fsp3) is 0.316. The van der Waals surface area contributed by atoms with Crippen molar-refractivity contribution in [3.63, 3.8) is 0 Å². The van der Waals surface area contributed by atoms with Crippen LogP contribution in [0.5, 0.6) is 11.5 Å². The molecule has 1 heterocycles. The van der Waals surface area contributed by atoms with Crippen LogP contribution < -0.4 is 5.32 Å². The number of hydrogen-bond donors (Lipinski definition) is 3. The van der Waals surface area contributed by atoms with Crippen LogP contribution in [0.1, 0.15) is 24.0 Å². The maximum Gasteiger partial charge on any atom is 0.237 e. The Morgan fingerprint density at radius 1 is 1.12 bits per heavy atom. The van der Waals surface area contributed by atoms with Crippen LogP contribution in [0.3, 0.4) is 0 Å². The number of carbonyl (C=O) groups is 1. The highest BCUT2D eigenvalue weighted by Gasteiger charge is 2.30. The molecule has 132 valence electrons. The normalized spacial score (nSPS) is 17.6. The maximum atomic E-state index is 13.0. The lowest BCUT2D eigenvalue weighted by Crippen LogP contribution is -2.42. The van der Waals surface area contributed by atoms with E-state index in [-0.39, 0.29) is 35.8 Å². The number of phenols is 2. The highest BCUT2D eigenvalue weighted by molar-refractivity contribution is 5.82. The first kappa shape index (κ1) is 17.2. The molecule has 1 fully saturated rings. The van der Waals surface area contributed by atoms with Crippen LogP contribution in [0.15, 0.2) is 42.5 Å². The first-order chi connectivity index (χ1) is 12.0. The average molecular weight is 344 g/mol. The average Bonchev–Trinajstić information content (AvgIpc) is 3.06. The fourth-order valence-corrected chi connectivity index (χ4v) is 3.12. The number of nitrogens with one attached hydrogen (secondary N) is 1. The van der Waals surface area contributed by atoms with Gasteiger partial charge in [0.25, 0.3) is 0 Å². The van der Waals surface area contributed by atoms with Gasteiger partial charge in [-0.15, -0.1) is 0 Å². The van der Waals surface area contributed by atoms with Crippen LogP contribution in [0.4, 0.5) is 4.39 Å². The Balaban J connectivity index is 1.58. The predicted molar refractivity (Wildman–Crippen MR) is 91.5 cm³/mol. The number of carbonyl (C=O) groups excluding carboxylic acids is 1. The first-order valence-electron chi connectivity index (χ1n) is 8.30. The van der Waals surface area contributed by atoms with E-state index in [1.54, 1.807) is 18.2 Å². The Labute approximate surface area is 145 Å². The minimum atomic E-state index is -0.267. The van der Waals surface area contributed by atoms with Gasteiger partial charge >= 0.3 is 0 Å². The third-order valence-corrected chi connectivity index (χ3v) is 4.47. The van der Waals surface area contributed by atoms with E-state index in [1.165, 1.54) is 24.3 Å². The molecule has 3 rings (SSSR count). The summed E-state index contributed by atoms with van der Waals surface area (Å²) in [5.41, 5.74) is 1.69. The van der Waals surface area contributed by atoms with E-state index in [9.17, 15) is 19.4 Å². The van der Waals surface area contributed by atoms with Crippen LogP contribution in [-0.4, -0.2) is 33.6 Å². The van der Waals surface area contributed by atoms with Gasteiger partial charge in [0.05, 0.1) is 6.04 Å². The van der Waals surface area contributed by atoms with E-state index in [0.717, 1.165) is 24.9 Å².